The zero-order chi connectivity index (χ0) is 33.2. The van der Waals surface area contributed by atoms with Gasteiger partial charge in [0.15, 0.2) is 11.6 Å². The van der Waals surface area contributed by atoms with Crippen LogP contribution in [0.5, 0.6) is 5.75 Å². The van der Waals surface area contributed by atoms with Gasteiger partial charge < -0.3 is 14.6 Å². The van der Waals surface area contributed by atoms with Gasteiger partial charge in [-0.25, -0.2) is 14.8 Å². The van der Waals surface area contributed by atoms with E-state index in [0.29, 0.717) is 43.2 Å². The molecule has 0 radical (unpaired) electrons. The fourth-order valence-electron chi connectivity index (χ4n) is 5.82. The minimum absolute atomic E-state index is 0.0572. The molecule has 5 aromatic rings. The summed E-state index contributed by atoms with van der Waals surface area (Å²) in [6.45, 7) is 0.852. The van der Waals surface area contributed by atoms with Gasteiger partial charge in [0, 0.05) is 31.6 Å². The molecule has 0 saturated carbocycles. The topological polar surface area (TPSA) is 92.2 Å². The number of halogens is 1. The lowest BCUT2D eigenvalue weighted by Gasteiger charge is -2.31. The van der Waals surface area contributed by atoms with E-state index in [1.807, 2.05) is 103 Å². The first-order valence-corrected chi connectivity index (χ1v) is 16.1. The molecule has 48 heavy (non-hydrogen) atoms. The lowest BCUT2D eigenvalue weighted by molar-refractivity contribution is -0.130. The summed E-state index contributed by atoms with van der Waals surface area (Å²) >= 11 is 0. The van der Waals surface area contributed by atoms with E-state index in [-0.39, 0.29) is 24.8 Å². The molecule has 1 aliphatic heterocycles. The molecule has 0 spiro atoms. The summed E-state index contributed by atoms with van der Waals surface area (Å²) < 4.78 is 26.1. The molecule has 1 heterocycles. The van der Waals surface area contributed by atoms with E-state index in [9.17, 15) is 9.18 Å². The van der Waals surface area contributed by atoms with Gasteiger partial charge in [0.1, 0.15) is 11.6 Å². The predicted molar refractivity (Wildman–Crippen MR) is 185 cm³/mol. The number of ether oxygens (including phenoxy) is 2. The van der Waals surface area contributed by atoms with Crippen LogP contribution in [0.3, 0.4) is 0 Å². The van der Waals surface area contributed by atoms with Gasteiger partial charge in [-0.1, -0.05) is 97.1 Å². The van der Waals surface area contributed by atoms with Crippen molar-refractivity contribution >= 4 is 11.8 Å². The first-order valence-electron chi connectivity index (χ1n) is 16.1. The normalized spacial score (nSPS) is 17.0. The monoisotopic (exact) mass is 643 g/mol. The van der Waals surface area contributed by atoms with Gasteiger partial charge in [-0.15, -0.1) is 0 Å². The smallest absolute Gasteiger partial charge is 0.266 e. The maximum absolute atomic E-state index is 14.4. The number of aliphatic hydroxyl groups excluding tert-OH is 1. The Morgan fingerprint density at radius 1 is 0.812 bits per heavy atom. The fourth-order valence-corrected chi connectivity index (χ4v) is 5.82. The van der Waals surface area contributed by atoms with Crippen molar-refractivity contribution in [3.8, 4) is 16.9 Å². The van der Waals surface area contributed by atoms with Crippen molar-refractivity contribution in [2.75, 3.05) is 19.8 Å². The molecule has 8 heteroatoms. The third-order valence-corrected chi connectivity index (χ3v) is 8.30. The third-order valence-electron chi connectivity index (χ3n) is 8.30. The second kappa shape index (κ2) is 15.5. The van der Waals surface area contributed by atoms with Gasteiger partial charge in [-0.3, -0.25) is 10.2 Å². The summed E-state index contributed by atoms with van der Waals surface area (Å²) in [5, 5.41) is 9.09. The largest absolute Gasteiger partial charge is 0.494 e. The van der Waals surface area contributed by atoms with Crippen LogP contribution in [0.1, 0.15) is 34.8 Å². The van der Waals surface area contributed by atoms with E-state index in [4.69, 9.17) is 19.6 Å². The summed E-state index contributed by atoms with van der Waals surface area (Å²) in [5.74, 6) is 0.366. The van der Waals surface area contributed by atoms with E-state index in [1.165, 1.54) is 12.1 Å². The molecular weight excluding hydrogens is 605 g/mol. The number of rotatable bonds is 14. The minimum Gasteiger partial charge on any atom is -0.494 e. The summed E-state index contributed by atoms with van der Waals surface area (Å²) in [6, 6.07) is 41.7. The molecule has 0 unspecified atom stereocenters. The van der Waals surface area contributed by atoms with Crippen LogP contribution in [0.25, 0.3) is 11.1 Å². The summed E-state index contributed by atoms with van der Waals surface area (Å²) in [4.78, 5) is 19.5. The van der Waals surface area contributed by atoms with Gasteiger partial charge in [-0.2, -0.15) is 0 Å². The molecule has 244 valence electrons. The van der Waals surface area contributed by atoms with Crippen LogP contribution < -0.4 is 15.6 Å². The first kappa shape index (κ1) is 32.6. The molecule has 6 rings (SSSR count). The molecular formula is C40H38FN3O4. The Morgan fingerprint density at radius 2 is 1.48 bits per heavy atom. The van der Waals surface area contributed by atoms with E-state index >= 15 is 0 Å². The predicted octanol–water partition coefficient (Wildman–Crippen LogP) is 6.62. The highest BCUT2D eigenvalue weighted by Gasteiger charge is 2.53. The number of amides is 1. The minimum atomic E-state index is -1.37. The first-order chi connectivity index (χ1) is 23.5. The molecule has 5 aromatic carbocycles. The Morgan fingerprint density at radius 3 is 2.19 bits per heavy atom. The SMILES string of the molecule is O=C(NNCCc1cccc(F)c1)[C@@]1(Cc2ccccc2)N=C(c2ccc(OCCCO)cc2)O[C@H]1c1ccc(-c2ccccc2)cc1. The number of carbonyl (C=O) groups is 1. The van der Waals surface area contributed by atoms with Crippen molar-refractivity contribution in [2.24, 2.45) is 4.99 Å². The summed E-state index contributed by atoms with van der Waals surface area (Å²) in [6.07, 6.45) is 0.590. The van der Waals surface area contributed by atoms with E-state index in [1.54, 1.807) is 6.07 Å². The summed E-state index contributed by atoms with van der Waals surface area (Å²) in [5.41, 5.74) is 9.99. The van der Waals surface area contributed by atoms with Crippen molar-refractivity contribution in [2.45, 2.75) is 30.9 Å². The second-order valence-corrected chi connectivity index (χ2v) is 11.7. The van der Waals surface area contributed by atoms with Crippen LogP contribution in [-0.2, 0) is 22.4 Å². The zero-order valence-electron chi connectivity index (χ0n) is 26.5. The van der Waals surface area contributed by atoms with Gasteiger partial charge in [0.2, 0.25) is 5.90 Å². The highest BCUT2D eigenvalue weighted by molar-refractivity contribution is 6.01. The highest BCUT2D eigenvalue weighted by Crippen LogP contribution is 2.43. The van der Waals surface area contributed by atoms with Crippen LogP contribution in [-0.4, -0.2) is 42.2 Å². The molecule has 1 aliphatic rings. The number of aliphatic imine (C=N–C) groups is 1. The number of nitrogens with zero attached hydrogens (tertiary/aromatic N) is 1. The molecule has 2 atom stereocenters. The standard InChI is InChI=1S/C40H38FN3O4/c41-35-14-7-11-29(27-35)23-24-42-44-39(46)40(28-30-9-3-1-4-10-30)37(33-17-15-32(16-18-33)31-12-5-2-6-13-31)48-38(43-40)34-19-21-36(22-20-34)47-26-8-25-45/h1-7,9-22,27,37,42,45H,8,23-26,28H2,(H,44,46)/t37-,40-/m0/s1. The third kappa shape index (κ3) is 7.79. The Kier molecular flexibility index (Phi) is 10.5. The zero-order valence-corrected chi connectivity index (χ0v) is 26.5. The lowest BCUT2D eigenvalue weighted by atomic mass is 9.82. The number of hydrogen-bond acceptors (Lipinski definition) is 6. The van der Waals surface area contributed by atoms with Crippen LogP contribution >= 0.6 is 0 Å². The molecule has 0 fully saturated rings. The van der Waals surface area contributed by atoms with Crippen LogP contribution in [0.2, 0.25) is 0 Å². The van der Waals surface area contributed by atoms with Gasteiger partial charge in [0.05, 0.1) is 6.61 Å². The fraction of sp³-hybridized carbons (Fsp3) is 0.200. The Hall–Kier alpha value is -5.31. The molecule has 7 nitrogen and oxygen atoms in total. The van der Waals surface area contributed by atoms with Crippen molar-refractivity contribution < 1.29 is 23.8 Å². The van der Waals surface area contributed by atoms with Gasteiger partial charge in [-0.05, 0) is 70.6 Å². The lowest BCUT2D eigenvalue weighted by Crippen LogP contribution is -2.54. The average Bonchev–Trinajstić information content (AvgIpc) is 3.51. The highest BCUT2D eigenvalue weighted by atomic mass is 19.1. The molecule has 3 N–H and O–H groups in total. The second-order valence-electron chi connectivity index (χ2n) is 11.7. The number of nitrogens with one attached hydrogen (secondary N) is 2. The number of carbonyl (C=O) groups excluding carboxylic acids is 1. The van der Waals surface area contributed by atoms with Crippen LogP contribution in [0, 0.1) is 5.82 Å². The number of hydrogen-bond donors (Lipinski definition) is 3. The molecule has 0 saturated heterocycles. The molecule has 1 amide bonds. The van der Waals surface area contributed by atoms with Crippen molar-refractivity contribution in [1.82, 2.24) is 10.9 Å². The van der Waals surface area contributed by atoms with Gasteiger partial charge >= 0.3 is 0 Å². The molecule has 0 aliphatic carbocycles. The average molecular weight is 644 g/mol. The molecule has 0 bridgehead atoms. The maximum atomic E-state index is 14.4. The van der Waals surface area contributed by atoms with Gasteiger partial charge in [0.25, 0.3) is 5.91 Å². The molecule has 0 aromatic heterocycles. The quantitative estimate of drug-likeness (QED) is 0.0935. The van der Waals surface area contributed by atoms with Crippen LogP contribution in [0.4, 0.5) is 4.39 Å². The Bertz CT molecular complexity index is 1820. The number of aliphatic hydroxyl groups is 1. The van der Waals surface area contributed by atoms with Crippen molar-refractivity contribution in [1.29, 1.82) is 0 Å². The maximum Gasteiger partial charge on any atom is 0.266 e. The number of benzene rings is 5. The van der Waals surface area contributed by atoms with E-state index in [0.717, 1.165) is 27.8 Å². The van der Waals surface area contributed by atoms with Crippen LogP contribution in [0.15, 0.2) is 138 Å². The number of hydrazine groups is 1. The summed E-state index contributed by atoms with van der Waals surface area (Å²) in [7, 11) is 0. The van der Waals surface area contributed by atoms with Crippen molar-refractivity contribution in [3.05, 3.63) is 162 Å². The Labute approximate surface area is 280 Å². The van der Waals surface area contributed by atoms with E-state index in [2.05, 4.69) is 23.0 Å². The van der Waals surface area contributed by atoms with Crippen molar-refractivity contribution in [3.63, 3.8) is 0 Å². The van der Waals surface area contributed by atoms with E-state index < -0.39 is 11.6 Å². The Balaban J connectivity index is 1.33.